The molecular weight excluding hydrogens is 176 g/mol. The van der Waals surface area contributed by atoms with Crippen LogP contribution in [0.4, 0.5) is 0 Å². The van der Waals surface area contributed by atoms with E-state index in [1.807, 2.05) is 0 Å². The van der Waals surface area contributed by atoms with Crippen LogP contribution in [-0.2, 0) is 9.84 Å². The molecule has 0 aromatic heterocycles. The lowest BCUT2D eigenvalue weighted by molar-refractivity contribution is 0.595. The molecule has 0 unspecified atom stereocenters. The maximum absolute atomic E-state index is 11.2. The molecule has 0 aliphatic carbocycles. The van der Waals surface area contributed by atoms with Crippen molar-refractivity contribution in [2.75, 3.05) is 5.88 Å². The molecule has 0 aliphatic heterocycles. The van der Waals surface area contributed by atoms with Crippen molar-refractivity contribution < 1.29 is 8.42 Å². The first-order chi connectivity index (χ1) is 5.67. The summed E-state index contributed by atoms with van der Waals surface area (Å²) in [5, 5.41) is 2.85. The lowest BCUT2D eigenvalue weighted by atomic mass is 10.4. The van der Waals surface area contributed by atoms with Gasteiger partial charge in [0.05, 0.1) is 4.90 Å². The molecule has 0 heterocycles. The van der Waals surface area contributed by atoms with E-state index in [1.165, 1.54) is 12.1 Å². The van der Waals surface area contributed by atoms with Gasteiger partial charge in [-0.25, -0.2) is 13.9 Å². The van der Waals surface area contributed by atoms with Gasteiger partial charge in [-0.15, -0.1) is 0 Å². The first-order valence-corrected chi connectivity index (χ1v) is 4.93. The smallest absolute Gasteiger partial charge is 0.200 e. The van der Waals surface area contributed by atoms with E-state index in [1.54, 1.807) is 18.2 Å². The first-order valence-electron chi connectivity index (χ1n) is 3.28. The average Bonchev–Trinajstić information content (AvgIpc) is 2.06. The van der Waals surface area contributed by atoms with Gasteiger partial charge in [-0.2, -0.15) is 5.11 Å². The maximum atomic E-state index is 11.2. The number of rotatable bonds is 3. The van der Waals surface area contributed by atoms with Crippen molar-refractivity contribution in [3.63, 3.8) is 0 Å². The van der Waals surface area contributed by atoms with E-state index in [4.69, 9.17) is 5.53 Å². The summed E-state index contributed by atoms with van der Waals surface area (Å²) in [6.07, 6.45) is 0. The monoisotopic (exact) mass is 184 g/mol. The molecule has 64 valence electrons. The van der Waals surface area contributed by atoms with Crippen molar-refractivity contribution in [2.24, 2.45) is 5.11 Å². The van der Waals surface area contributed by atoms with Crippen LogP contribution in [0, 0.1) is 5.53 Å². The van der Waals surface area contributed by atoms with Crippen molar-refractivity contribution in [3.8, 4) is 0 Å². The lowest BCUT2D eigenvalue weighted by Gasteiger charge is -1.97. The number of nitrogens with one attached hydrogen (secondary N) is 1. The highest BCUT2D eigenvalue weighted by molar-refractivity contribution is 7.91. The van der Waals surface area contributed by atoms with E-state index >= 15 is 0 Å². The highest BCUT2D eigenvalue weighted by Gasteiger charge is 2.11. The van der Waals surface area contributed by atoms with Gasteiger partial charge in [0.15, 0.2) is 15.7 Å². The van der Waals surface area contributed by atoms with Crippen LogP contribution in [0.1, 0.15) is 0 Å². The summed E-state index contributed by atoms with van der Waals surface area (Å²) in [6.45, 7) is 0. The normalized spacial score (nSPS) is 11.0. The molecule has 1 rings (SSSR count). The molecule has 0 amide bonds. The summed E-state index contributed by atoms with van der Waals surface area (Å²) in [6, 6.07) is 7.98. The second-order valence-corrected chi connectivity index (χ2v) is 4.17. The van der Waals surface area contributed by atoms with Crippen LogP contribution in [0.15, 0.2) is 40.3 Å². The Bertz CT molecular complexity index is 358. The quantitative estimate of drug-likeness (QED) is 0.722. The first kappa shape index (κ1) is 8.86. The van der Waals surface area contributed by atoms with Crippen molar-refractivity contribution in [1.29, 1.82) is 5.53 Å². The predicted octanol–water partition coefficient (Wildman–Crippen LogP) is 1.45. The van der Waals surface area contributed by atoms with Gasteiger partial charge in [-0.05, 0) is 12.1 Å². The Kier molecular flexibility index (Phi) is 2.54. The number of sulfone groups is 1. The van der Waals surface area contributed by atoms with Gasteiger partial charge in [0, 0.05) is 0 Å². The number of hydrogen-bond donors (Lipinski definition) is 1. The summed E-state index contributed by atoms with van der Waals surface area (Å²) >= 11 is 0. The van der Waals surface area contributed by atoms with E-state index in [0.717, 1.165) is 0 Å². The van der Waals surface area contributed by atoms with E-state index in [2.05, 4.69) is 5.11 Å². The Morgan fingerprint density at radius 3 is 2.33 bits per heavy atom. The zero-order valence-corrected chi connectivity index (χ0v) is 7.08. The standard InChI is InChI=1S/C7H8N2O2S/c8-9-6-12(10,11)7-4-2-1-3-5-7/h1-5,8H,6H2. The van der Waals surface area contributed by atoms with Crippen LogP contribution in [0.3, 0.4) is 0 Å². The molecule has 5 heteroatoms. The molecule has 4 nitrogen and oxygen atoms in total. The SMILES string of the molecule is N=NCS(=O)(=O)c1ccccc1. The molecule has 1 aromatic rings. The fourth-order valence-electron chi connectivity index (χ4n) is 0.787. The Hall–Kier alpha value is -1.23. The fraction of sp³-hybridized carbons (Fsp3) is 0.143. The van der Waals surface area contributed by atoms with E-state index in [0.29, 0.717) is 0 Å². The Morgan fingerprint density at radius 1 is 1.25 bits per heavy atom. The van der Waals surface area contributed by atoms with Gasteiger partial charge in [0.2, 0.25) is 0 Å². The van der Waals surface area contributed by atoms with Crippen LogP contribution in [0.5, 0.6) is 0 Å². The van der Waals surface area contributed by atoms with Crippen molar-refractivity contribution in [1.82, 2.24) is 0 Å². The molecule has 0 bridgehead atoms. The highest BCUT2D eigenvalue weighted by atomic mass is 32.2. The molecule has 0 spiro atoms. The van der Waals surface area contributed by atoms with Crippen LogP contribution >= 0.6 is 0 Å². The largest absolute Gasteiger partial charge is 0.222 e. The molecule has 0 atom stereocenters. The highest BCUT2D eigenvalue weighted by Crippen LogP contribution is 2.09. The third kappa shape index (κ3) is 1.88. The predicted molar refractivity (Wildman–Crippen MR) is 43.6 cm³/mol. The van der Waals surface area contributed by atoms with Gasteiger partial charge < -0.3 is 0 Å². The van der Waals surface area contributed by atoms with Gasteiger partial charge in [0.1, 0.15) is 0 Å². The molecule has 0 saturated carbocycles. The Labute approximate surface area is 70.7 Å². The third-order valence-electron chi connectivity index (χ3n) is 1.34. The molecule has 1 N–H and O–H groups in total. The summed E-state index contributed by atoms with van der Waals surface area (Å²) in [7, 11) is -3.36. The van der Waals surface area contributed by atoms with Crippen molar-refractivity contribution >= 4 is 9.84 Å². The van der Waals surface area contributed by atoms with Gasteiger partial charge >= 0.3 is 0 Å². The summed E-state index contributed by atoms with van der Waals surface area (Å²) < 4.78 is 22.4. The van der Waals surface area contributed by atoms with Crippen LogP contribution in [0.25, 0.3) is 0 Å². The van der Waals surface area contributed by atoms with Crippen LogP contribution in [-0.4, -0.2) is 14.3 Å². The average molecular weight is 184 g/mol. The zero-order chi connectivity index (χ0) is 9.03. The molecular formula is C7H8N2O2S. The number of benzene rings is 1. The lowest BCUT2D eigenvalue weighted by Crippen LogP contribution is -2.03. The maximum Gasteiger partial charge on any atom is 0.200 e. The van der Waals surface area contributed by atoms with Gasteiger partial charge in [0.25, 0.3) is 0 Å². The molecule has 12 heavy (non-hydrogen) atoms. The Balaban J connectivity index is 3.07. The number of hydrogen-bond acceptors (Lipinski definition) is 4. The molecule has 0 radical (unpaired) electrons. The minimum atomic E-state index is -3.36. The minimum absolute atomic E-state index is 0.209. The summed E-state index contributed by atoms with van der Waals surface area (Å²) in [5.41, 5.74) is 6.45. The van der Waals surface area contributed by atoms with Gasteiger partial charge in [-0.1, -0.05) is 18.2 Å². The molecule has 1 aromatic carbocycles. The van der Waals surface area contributed by atoms with Crippen LogP contribution in [0.2, 0.25) is 0 Å². The fourth-order valence-corrected chi connectivity index (χ4v) is 1.68. The van der Waals surface area contributed by atoms with Crippen molar-refractivity contribution in [3.05, 3.63) is 30.3 Å². The van der Waals surface area contributed by atoms with Crippen molar-refractivity contribution in [2.45, 2.75) is 4.90 Å². The minimum Gasteiger partial charge on any atom is -0.222 e. The van der Waals surface area contributed by atoms with Crippen LogP contribution < -0.4 is 0 Å². The second-order valence-electron chi connectivity index (χ2n) is 2.22. The third-order valence-corrected chi connectivity index (χ3v) is 2.80. The second kappa shape index (κ2) is 3.44. The zero-order valence-electron chi connectivity index (χ0n) is 6.27. The summed E-state index contributed by atoms with van der Waals surface area (Å²) in [4.78, 5) is 0.209. The van der Waals surface area contributed by atoms with E-state index in [-0.39, 0.29) is 4.90 Å². The Morgan fingerprint density at radius 2 is 1.83 bits per heavy atom. The van der Waals surface area contributed by atoms with E-state index < -0.39 is 15.7 Å². The molecule has 0 fully saturated rings. The topological polar surface area (TPSA) is 70.3 Å². The molecule has 0 saturated heterocycles. The van der Waals surface area contributed by atoms with Gasteiger partial charge in [-0.3, -0.25) is 0 Å². The molecule has 0 aliphatic rings. The number of nitrogens with zero attached hydrogens (tertiary/aromatic N) is 1. The summed E-state index contributed by atoms with van der Waals surface area (Å²) in [5.74, 6) is -0.475. The van der Waals surface area contributed by atoms with E-state index in [9.17, 15) is 8.42 Å².